The average Bonchev–Trinajstić information content (AvgIpc) is 3.24. The molecule has 180 valence electrons. The maximum atomic E-state index is 13.5. The summed E-state index contributed by atoms with van der Waals surface area (Å²) in [6.45, 7) is 5.93. The number of pyridine rings is 1. The summed E-state index contributed by atoms with van der Waals surface area (Å²) >= 11 is 0. The second-order valence-electron chi connectivity index (χ2n) is 8.58. The van der Waals surface area contributed by atoms with E-state index in [9.17, 15) is 14.9 Å². The molecule has 5 rings (SSSR count). The van der Waals surface area contributed by atoms with Crippen LogP contribution in [-0.2, 0) is 6.61 Å². The number of nitro groups is 1. The molecule has 0 aliphatic rings. The van der Waals surface area contributed by atoms with Crippen molar-refractivity contribution in [2.45, 2.75) is 27.4 Å². The molecule has 0 aliphatic carbocycles. The smallest absolute Gasteiger partial charge is 0.269 e. The van der Waals surface area contributed by atoms with Crippen molar-refractivity contribution in [3.63, 3.8) is 0 Å². The van der Waals surface area contributed by atoms with E-state index in [-0.39, 0.29) is 17.9 Å². The van der Waals surface area contributed by atoms with Crippen LogP contribution in [0.5, 0.6) is 5.75 Å². The third-order valence-electron chi connectivity index (χ3n) is 5.93. The Morgan fingerprint density at radius 2 is 1.78 bits per heavy atom. The normalized spacial score (nSPS) is 11.1. The number of ether oxygens (including phenoxy) is 1. The molecule has 0 spiro atoms. The van der Waals surface area contributed by atoms with E-state index in [0.717, 1.165) is 22.5 Å². The summed E-state index contributed by atoms with van der Waals surface area (Å²) in [5, 5.41) is 15.6. The van der Waals surface area contributed by atoms with Crippen LogP contribution < -0.4 is 10.3 Å². The highest BCUT2D eigenvalue weighted by molar-refractivity contribution is 5.65. The van der Waals surface area contributed by atoms with Crippen LogP contribution in [0.25, 0.3) is 22.6 Å². The summed E-state index contributed by atoms with van der Waals surface area (Å²) < 4.78 is 9.21. The van der Waals surface area contributed by atoms with Gasteiger partial charge in [-0.1, -0.05) is 12.1 Å². The summed E-state index contributed by atoms with van der Waals surface area (Å²) in [5.41, 5.74) is 5.38. The number of hydrogen-bond acceptors (Lipinski definition) is 6. The third-order valence-corrected chi connectivity index (χ3v) is 5.93. The molecule has 3 aromatic heterocycles. The Hall–Kier alpha value is -4.79. The van der Waals surface area contributed by atoms with Gasteiger partial charge in [-0.2, -0.15) is 5.10 Å². The molecule has 5 aromatic rings. The van der Waals surface area contributed by atoms with Gasteiger partial charge in [-0.05, 0) is 74.4 Å². The standard InChI is InChI=1S/C27H23N5O4/c1-17-6-4-7-22(14-17)31-18(2)15-23(29-31)25-19(3)28-26-24(8-5-13-30(26)27(25)33)36-16-20-9-11-21(12-10-20)32(34)35/h4-15H,16H2,1-3H3. The molecule has 0 saturated heterocycles. The molecule has 0 amide bonds. The van der Waals surface area contributed by atoms with E-state index in [1.165, 1.54) is 16.5 Å². The number of nitrogens with zero attached hydrogens (tertiary/aromatic N) is 5. The molecule has 0 aliphatic heterocycles. The van der Waals surface area contributed by atoms with Gasteiger partial charge >= 0.3 is 0 Å². The van der Waals surface area contributed by atoms with Crippen molar-refractivity contribution in [3.05, 3.63) is 116 Å². The van der Waals surface area contributed by atoms with Crippen molar-refractivity contribution < 1.29 is 9.66 Å². The highest BCUT2D eigenvalue weighted by Crippen LogP contribution is 2.25. The van der Waals surface area contributed by atoms with Crippen molar-refractivity contribution in [1.82, 2.24) is 19.2 Å². The topological polar surface area (TPSA) is 105 Å². The van der Waals surface area contributed by atoms with Gasteiger partial charge in [-0.3, -0.25) is 19.3 Å². The Balaban J connectivity index is 1.50. The number of aryl methyl sites for hydroxylation is 3. The Bertz CT molecular complexity index is 1670. The minimum Gasteiger partial charge on any atom is -0.485 e. The third kappa shape index (κ3) is 4.22. The Kier molecular flexibility index (Phi) is 5.81. The lowest BCUT2D eigenvalue weighted by atomic mass is 10.1. The van der Waals surface area contributed by atoms with E-state index in [4.69, 9.17) is 9.84 Å². The van der Waals surface area contributed by atoms with Gasteiger partial charge in [0.05, 0.1) is 21.9 Å². The SMILES string of the molecule is Cc1cccc(-n2nc(-c3c(C)nc4c(OCc5ccc([N+](=O)[O-])cc5)cccn4c3=O)cc2C)c1. The number of fused-ring (bicyclic) bond motifs is 1. The summed E-state index contributed by atoms with van der Waals surface area (Å²) in [6, 6.07) is 19.5. The van der Waals surface area contributed by atoms with Gasteiger partial charge in [0.15, 0.2) is 11.4 Å². The molecule has 9 nitrogen and oxygen atoms in total. The van der Waals surface area contributed by atoms with Crippen molar-refractivity contribution in [2.24, 2.45) is 0 Å². The van der Waals surface area contributed by atoms with Gasteiger partial charge in [0.1, 0.15) is 12.3 Å². The number of hydrogen-bond donors (Lipinski definition) is 0. The van der Waals surface area contributed by atoms with Gasteiger partial charge in [0.2, 0.25) is 0 Å². The lowest BCUT2D eigenvalue weighted by molar-refractivity contribution is -0.384. The summed E-state index contributed by atoms with van der Waals surface area (Å²) in [4.78, 5) is 28.6. The first-order valence-corrected chi connectivity index (χ1v) is 11.3. The van der Waals surface area contributed by atoms with Crippen LogP contribution in [0.15, 0.2) is 77.7 Å². The molecule has 0 atom stereocenters. The molecule has 0 bridgehead atoms. The minimum absolute atomic E-state index is 0.0142. The predicted molar refractivity (Wildman–Crippen MR) is 136 cm³/mol. The van der Waals surface area contributed by atoms with E-state index in [0.29, 0.717) is 28.3 Å². The van der Waals surface area contributed by atoms with Crippen molar-refractivity contribution in [3.8, 4) is 22.7 Å². The lowest BCUT2D eigenvalue weighted by Gasteiger charge is -2.11. The molecule has 0 unspecified atom stereocenters. The first-order chi connectivity index (χ1) is 17.3. The molecule has 2 aromatic carbocycles. The number of benzene rings is 2. The fourth-order valence-corrected chi connectivity index (χ4v) is 4.14. The molecule has 3 heterocycles. The van der Waals surface area contributed by atoms with E-state index in [1.807, 2.05) is 48.9 Å². The van der Waals surface area contributed by atoms with Crippen LogP contribution in [0.4, 0.5) is 5.69 Å². The predicted octanol–water partition coefficient (Wildman–Crippen LogP) is 4.96. The lowest BCUT2D eigenvalue weighted by Crippen LogP contribution is -2.19. The van der Waals surface area contributed by atoms with Gasteiger partial charge in [0, 0.05) is 24.0 Å². The van der Waals surface area contributed by atoms with Gasteiger partial charge in [-0.15, -0.1) is 0 Å². The molecular formula is C27H23N5O4. The fraction of sp³-hybridized carbons (Fsp3) is 0.148. The molecular weight excluding hydrogens is 458 g/mol. The molecule has 36 heavy (non-hydrogen) atoms. The zero-order chi connectivity index (χ0) is 25.4. The first-order valence-electron chi connectivity index (χ1n) is 11.3. The summed E-state index contributed by atoms with van der Waals surface area (Å²) in [6.07, 6.45) is 1.65. The maximum absolute atomic E-state index is 13.5. The van der Waals surface area contributed by atoms with Gasteiger partial charge in [0.25, 0.3) is 11.2 Å². The van der Waals surface area contributed by atoms with Crippen molar-refractivity contribution >= 4 is 11.3 Å². The number of rotatable bonds is 6. The van der Waals surface area contributed by atoms with Crippen LogP contribution in [0.2, 0.25) is 0 Å². The number of aromatic nitrogens is 4. The zero-order valence-corrected chi connectivity index (χ0v) is 20.0. The van der Waals surface area contributed by atoms with Crippen LogP contribution in [0, 0.1) is 30.9 Å². The minimum atomic E-state index is -0.447. The second kappa shape index (κ2) is 9.10. The monoisotopic (exact) mass is 481 g/mol. The highest BCUT2D eigenvalue weighted by atomic mass is 16.6. The van der Waals surface area contributed by atoms with Gasteiger partial charge in [-0.25, -0.2) is 9.67 Å². The van der Waals surface area contributed by atoms with Crippen LogP contribution in [0.3, 0.4) is 0 Å². The van der Waals surface area contributed by atoms with Crippen LogP contribution >= 0.6 is 0 Å². The quantitative estimate of drug-likeness (QED) is 0.251. The fourth-order valence-electron chi connectivity index (χ4n) is 4.14. The molecule has 0 fully saturated rings. The van der Waals surface area contributed by atoms with Crippen molar-refractivity contribution in [2.75, 3.05) is 0 Å². The van der Waals surface area contributed by atoms with Crippen molar-refractivity contribution in [1.29, 1.82) is 0 Å². The Morgan fingerprint density at radius 3 is 2.50 bits per heavy atom. The van der Waals surface area contributed by atoms with E-state index in [1.54, 1.807) is 37.4 Å². The molecule has 9 heteroatoms. The second-order valence-corrected chi connectivity index (χ2v) is 8.58. The highest BCUT2D eigenvalue weighted by Gasteiger charge is 2.18. The molecule has 0 N–H and O–H groups in total. The number of non-ortho nitro benzene ring substituents is 1. The van der Waals surface area contributed by atoms with Crippen LogP contribution in [0.1, 0.15) is 22.5 Å². The summed E-state index contributed by atoms with van der Waals surface area (Å²) in [5.74, 6) is 0.434. The maximum Gasteiger partial charge on any atom is 0.269 e. The Labute approximate surface area is 206 Å². The van der Waals surface area contributed by atoms with E-state index < -0.39 is 4.92 Å². The van der Waals surface area contributed by atoms with E-state index in [2.05, 4.69) is 4.98 Å². The molecule has 0 saturated carbocycles. The zero-order valence-electron chi connectivity index (χ0n) is 20.0. The summed E-state index contributed by atoms with van der Waals surface area (Å²) in [7, 11) is 0. The van der Waals surface area contributed by atoms with E-state index >= 15 is 0 Å². The molecule has 0 radical (unpaired) electrons. The first kappa shape index (κ1) is 23.0. The largest absolute Gasteiger partial charge is 0.485 e. The van der Waals surface area contributed by atoms with Crippen LogP contribution in [-0.4, -0.2) is 24.1 Å². The Morgan fingerprint density at radius 1 is 1.00 bits per heavy atom. The average molecular weight is 482 g/mol. The van der Waals surface area contributed by atoms with Gasteiger partial charge < -0.3 is 4.74 Å². The number of nitro benzene ring substituents is 1.